The Labute approximate surface area is 123 Å². The number of nitrogens with zero attached hydrogens (tertiary/aromatic N) is 4. The quantitative estimate of drug-likeness (QED) is 0.853. The molecule has 1 unspecified atom stereocenters. The third kappa shape index (κ3) is 2.00. The summed E-state index contributed by atoms with van der Waals surface area (Å²) in [5, 5.41) is 4.26. The number of rotatable bonds is 1. The number of amides is 1. The van der Waals surface area contributed by atoms with Crippen molar-refractivity contribution >= 4 is 33.4 Å². The maximum absolute atomic E-state index is 11.6. The van der Waals surface area contributed by atoms with Gasteiger partial charge in [0.05, 0.1) is 7.11 Å². The van der Waals surface area contributed by atoms with E-state index in [4.69, 9.17) is 10.5 Å². The van der Waals surface area contributed by atoms with Gasteiger partial charge in [-0.1, -0.05) is 0 Å². The minimum atomic E-state index is -0.290. The van der Waals surface area contributed by atoms with E-state index in [2.05, 4.69) is 26.0 Å². The zero-order valence-corrected chi connectivity index (χ0v) is 12.5. The van der Waals surface area contributed by atoms with Gasteiger partial charge in [0.15, 0.2) is 5.82 Å². The first kappa shape index (κ1) is 13.2. The molecule has 0 saturated carbocycles. The highest BCUT2D eigenvalue weighted by Gasteiger charge is 2.30. The number of nitrogen functional groups attached to an aromatic ring is 1. The molecule has 3 heterocycles. The van der Waals surface area contributed by atoms with Crippen LogP contribution in [0.25, 0.3) is 5.52 Å². The van der Waals surface area contributed by atoms with Crippen molar-refractivity contribution in [1.29, 1.82) is 0 Å². The van der Waals surface area contributed by atoms with Gasteiger partial charge >= 0.3 is 6.09 Å². The molecule has 1 amide bonds. The van der Waals surface area contributed by atoms with E-state index >= 15 is 0 Å². The highest BCUT2D eigenvalue weighted by Crippen LogP contribution is 2.33. The lowest BCUT2D eigenvalue weighted by molar-refractivity contribution is 0.132. The van der Waals surface area contributed by atoms with Gasteiger partial charge in [0.1, 0.15) is 11.8 Å². The number of likely N-dealkylation sites (tertiary alicyclic amines) is 1. The molecule has 0 bridgehead atoms. The molecule has 106 valence electrons. The largest absolute Gasteiger partial charge is 0.453 e. The van der Waals surface area contributed by atoms with Crippen LogP contribution in [-0.2, 0) is 4.74 Å². The maximum Gasteiger partial charge on any atom is 0.409 e. The summed E-state index contributed by atoms with van der Waals surface area (Å²) in [4.78, 5) is 17.2. The number of nitrogens with two attached hydrogens (primary N) is 1. The van der Waals surface area contributed by atoms with E-state index in [1.807, 2.05) is 6.07 Å². The molecule has 0 aromatic carbocycles. The summed E-state index contributed by atoms with van der Waals surface area (Å²) in [5.41, 5.74) is 7.66. The number of fused-ring (bicyclic) bond motifs is 1. The first-order valence-corrected chi connectivity index (χ1v) is 7.01. The molecular weight excluding hydrogens is 326 g/mol. The Balaban J connectivity index is 1.96. The van der Waals surface area contributed by atoms with E-state index in [0.29, 0.717) is 18.9 Å². The summed E-state index contributed by atoms with van der Waals surface area (Å²) in [6.07, 6.45) is 2.02. The number of halogens is 1. The fourth-order valence-electron chi connectivity index (χ4n) is 2.63. The van der Waals surface area contributed by atoms with Crippen molar-refractivity contribution in [2.45, 2.75) is 12.3 Å². The van der Waals surface area contributed by atoms with Gasteiger partial charge in [-0.05, 0) is 28.4 Å². The summed E-state index contributed by atoms with van der Waals surface area (Å²) < 4.78 is 7.41. The van der Waals surface area contributed by atoms with Crippen molar-refractivity contribution in [1.82, 2.24) is 19.5 Å². The van der Waals surface area contributed by atoms with E-state index in [0.717, 1.165) is 22.1 Å². The van der Waals surface area contributed by atoms with Crippen LogP contribution in [0.3, 0.4) is 0 Å². The molecule has 7 nitrogen and oxygen atoms in total. The highest BCUT2D eigenvalue weighted by molar-refractivity contribution is 9.10. The Hall–Kier alpha value is -1.83. The molecule has 1 aliphatic heterocycles. The molecule has 0 radical (unpaired) electrons. The third-order valence-corrected chi connectivity index (χ3v) is 4.21. The summed E-state index contributed by atoms with van der Waals surface area (Å²) in [6.45, 7) is 1.30. The second-order valence-corrected chi connectivity index (χ2v) is 5.58. The number of hydrogen-bond donors (Lipinski definition) is 1. The number of ether oxygens (including phenoxy) is 1. The summed E-state index contributed by atoms with van der Waals surface area (Å²) in [7, 11) is 1.40. The average molecular weight is 340 g/mol. The number of methoxy groups -OCH3 is 1. The monoisotopic (exact) mass is 339 g/mol. The van der Waals surface area contributed by atoms with Crippen LogP contribution >= 0.6 is 15.9 Å². The third-order valence-electron chi connectivity index (χ3n) is 3.60. The van der Waals surface area contributed by atoms with Crippen LogP contribution in [0, 0.1) is 0 Å². The van der Waals surface area contributed by atoms with Crippen LogP contribution in [-0.4, -0.2) is 45.8 Å². The number of carbonyl (C=O) groups excluding carboxylic acids is 1. The van der Waals surface area contributed by atoms with E-state index in [-0.39, 0.29) is 12.0 Å². The Morgan fingerprint density at radius 3 is 3.15 bits per heavy atom. The minimum Gasteiger partial charge on any atom is -0.453 e. The second kappa shape index (κ2) is 4.93. The molecular formula is C12H14BrN5O2. The molecule has 2 aromatic rings. The molecule has 20 heavy (non-hydrogen) atoms. The van der Waals surface area contributed by atoms with Crippen LogP contribution in [0.15, 0.2) is 16.9 Å². The van der Waals surface area contributed by atoms with Gasteiger partial charge in [-0.25, -0.2) is 14.3 Å². The van der Waals surface area contributed by atoms with E-state index in [1.54, 1.807) is 9.42 Å². The molecule has 2 N–H and O–H groups in total. The minimum absolute atomic E-state index is 0.210. The zero-order chi connectivity index (χ0) is 14.3. The second-order valence-electron chi connectivity index (χ2n) is 4.72. The van der Waals surface area contributed by atoms with Crippen LogP contribution in [0.4, 0.5) is 10.6 Å². The van der Waals surface area contributed by atoms with E-state index in [1.165, 1.54) is 13.4 Å². The number of aromatic nitrogens is 3. The van der Waals surface area contributed by atoms with Crippen LogP contribution in [0.2, 0.25) is 0 Å². The first-order chi connectivity index (χ1) is 9.61. The lowest BCUT2D eigenvalue weighted by Gasteiger charge is -2.14. The molecule has 0 spiro atoms. The molecule has 0 aliphatic carbocycles. The summed E-state index contributed by atoms with van der Waals surface area (Å²) in [6, 6.07) is 1.99. The molecule has 1 aliphatic rings. The standard InChI is InChI=1S/C12H14BrN5O2/c1-20-12(19)17-3-2-7(5-17)9-4-8(13)10-11(14)15-6-16-18(9)10/h4,6-7H,2-3,5H2,1H3,(H2,14,15,16). The summed E-state index contributed by atoms with van der Waals surface area (Å²) >= 11 is 3.49. The van der Waals surface area contributed by atoms with Gasteiger partial charge in [-0.2, -0.15) is 5.10 Å². The highest BCUT2D eigenvalue weighted by atomic mass is 79.9. The molecule has 8 heteroatoms. The van der Waals surface area contributed by atoms with Gasteiger partial charge in [0, 0.05) is 29.2 Å². The molecule has 1 fully saturated rings. The zero-order valence-electron chi connectivity index (χ0n) is 10.9. The number of hydrogen-bond acceptors (Lipinski definition) is 5. The Bertz CT molecular complexity index is 671. The Morgan fingerprint density at radius 2 is 2.40 bits per heavy atom. The number of anilines is 1. The van der Waals surface area contributed by atoms with Crippen LogP contribution in [0.1, 0.15) is 18.0 Å². The summed E-state index contributed by atoms with van der Waals surface area (Å²) in [5.74, 6) is 0.642. The van der Waals surface area contributed by atoms with Gasteiger partial charge in [-0.3, -0.25) is 0 Å². The van der Waals surface area contributed by atoms with Crippen molar-refractivity contribution < 1.29 is 9.53 Å². The van der Waals surface area contributed by atoms with Gasteiger partial charge in [0.2, 0.25) is 0 Å². The van der Waals surface area contributed by atoms with Crippen LogP contribution in [0.5, 0.6) is 0 Å². The topological polar surface area (TPSA) is 85.8 Å². The van der Waals surface area contributed by atoms with Gasteiger partial charge in [-0.15, -0.1) is 0 Å². The molecule has 3 rings (SSSR count). The number of carbonyl (C=O) groups is 1. The average Bonchev–Trinajstić information content (AvgIpc) is 3.04. The van der Waals surface area contributed by atoms with Crippen LogP contribution < -0.4 is 5.73 Å². The fourth-order valence-corrected chi connectivity index (χ4v) is 3.24. The van der Waals surface area contributed by atoms with Crippen molar-refractivity contribution in [3.8, 4) is 0 Å². The van der Waals surface area contributed by atoms with E-state index in [9.17, 15) is 4.79 Å². The lowest BCUT2D eigenvalue weighted by Crippen LogP contribution is -2.28. The molecule has 1 atom stereocenters. The lowest BCUT2D eigenvalue weighted by atomic mass is 10.1. The van der Waals surface area contributed by atoms with Crippen molar-refractivity contribution in [2.24, 2.45) is 0 Å². The van der Waals surface area contributed by atoms with Crippen molar-refractivity contribution in [3.05, 3.63) is 22.6 Å². The predicted molar refractivity (Wildman–Crippen MR) is 76.4 cm³/mol. The van der Waals surface area contributed by atoms with Crippen molar-refractivity contribution in [2.75, 3.05) is 25.9 Å². The maximum atomic E-state index is 11.6. The first-order valence-electron chi connectivity index (χ1n) is 6.22. The smallest absolute Gasteiger partial charge is 0.409 e. The Morgan fingerprint density at radius 1 is 1.60 bits per heavy atom. The SMILES string of the molecule is COC(=O)N1CCC(c2cc(Br)c3c(N)ncnn23)C1. The normalized spacial score (nSPS) is 18.7. The Kier molecular flexibility index (Phi) is 3.25. The van der Waals surface area contributed by atoms with E-state index < -0.39 is 0 Å². The van der Waals surface area contributed by atoms with Gasteiger partial charge < -0.3 is 15.4 Å². The van der Waals surface area contributed by atoms with Gasteiger partial charge in [0.25, 0.3) is 0 Å². The predicted octanol–water partition coefficient (Wildman–Crippen LogP) is 1.63. The molecule has 1 saturated heterocycles. The van der Waals surface area contributed by atoms with Crippen molar-refractivity contribution in [3.63, 3.8) is 0 Å². The molecule has 2 aromatic heterocycles. The fraction of sp³-hybridized carbons (Fsp3) is 0.417.